The molecule has 0 saturated carbocycles. The van der Waals surface area contributed by atoms with Crippen LogP contribution in [-0.2, 0) is 0 Å². The number of benzene rings is 1. The SMILES string of the molecule is Cc1cnccc1C(O)Nc1ccc(-c2sc(-c3ncco3)cc2C)cc1. The third-order valence-corrected chi connectivity index (χ3v) is 5.64. The molecule has 0 amide bonds. The maximum absolute atomic E-state index is 10.4. The van der Waals surface area contributed by atoms with Crippen molar-refractivity contribution >= 4 is 17.0 Å². The van der Waals surface area contributed by atoms with Crippen LogP contribution >= 0.6 is 11.3 Å². The molecule has 1 unspecified atom stereocenters. The molecular formula is C21H19N3O2S. The highest BCUT2D eigenvalue weighted by Crippen LogP contribution is 2.37. The van der Waals surface area contributed by atoms with E-state index in [2.05, 4.69) is 28.3 Å². The number of rotatable bonds is 5. The summed E-state index contributed by atoms with van der Waals surface area (Å²) in [6.07, 6.45) is 5.88. The minimum atomic E-state index is -0.779. The summed E-state index contributed by atoms with van der Waals surface area (Å²) in [5, 5.41) is 13.6. The Labute approximate surface area is 161 Å². The summed E-state index contributed by atoms with van der Waals surface area (Å²) in [5.41, 5.74) is 4.92. The smallest absolute Gasteiger partial charge is 0.236 e. The zero-order chi connectivity index (χ0) is 18.8. The summed E-state index contributed by atoms with van der Waals surface area (Å²) >= 11 is 1.66. The number of nitrogens with one attached hydrogen (secondary N) is 1. The Morgan fingerprint density at radius 3 is 2.59 bits per heavy atom. The van der Waals surface area contributed by atoms with Gasteiger partial charge in [-0.2, -0.15) is 0 Å². The molecule has 4 rings (SSSR count). The third-order valence-electron chi connectivity index (χ3n) is 4.37. The van der Waals surface area contributed by atoms with Crippen molar-refractivity contribution in [3.05, 3.63) is 77.9 Å². The second-order valence-corrected chi connectivity index (χ2v) is 7.37. The van der Waals surface area contributed by atoms with Crippen molar-refractivity contribution in [2.24, 2.45) is 0 Å². The first kappa shape index (κ1) is 17.5. The number of aromatic nitrogens is 2. The molecule has 1 aromatic carbocycles. The van der Waals surface area contributed by atoms with Crippen LogP contribution in [-0.4, -0.2) is 15.1 Å². The summed E-state index contributed by atoms with van der Waals surface area (Å²) in [5.74, 6) is 0.642. The van der Waals surface area contributed by atoms with Crippen LogP contribution in [0.25, 0.3) is 21.2 Å². The summed E-state index contributed by atoms with van der Waals surface area (Å²) in [6.45, 7) is 4.02. The quantitative estimate of drug-likeness (QED) is 0.469. The van der Waals surface area contributed by atoms with E-state index in [1.165, 1.54) is 10.4 Å². The molecule has 4 aromatic rings. The highest BCUT2D eigenvalue weighted by molar-refractivity contribution is 7.19. The molecule has 6 heteroatoms. The molecule has 0 aliphatic rings. The normalized spacial score (nSPS) is 12.1. The van der Waals surface area contributed by atoms with E-state index in [-0.39, 0.29) is 0 Å². The number of pyridine rings is 1. The van der Waals surface area contributed by atoms with Crippen molar-refractivity contribution in [2.45, 2.75) is 20.1 Å². The second-order valence-electron chi connectivity index (χ2n) is 6.32. The van der Waals surface area contributed by atoms with E-state index >= 15 is 0 Å². The fourth-order valence-corrected chi connectivity index (χ4v) is 4.08. The number of anilines is 1. The van der Waals surface area contributed by atoms with Gasteiger partial charge in [0.15, 0.2) is 6.23 Å². The molecule has 27 heavy (non-hydrogen) atoms. The van der Waals surface area contributed by atoms with E-state index in [0.29, 0.717) is 5.89 Å². The van der Waals surface area contributed by atoms with Gasteiger partial charge in [-0.25, -0.2) is 4.98 Å². The molecule has 0 bridgehead atoms. The Morgan fingerprint density at radius 2 is 1.89 bits per heavy atom. The van der Waals surface area contributed by atoms with Gasteiger partial charge in [0.25, 0.3) is 0 Å². The highest BCUT2D eigenvalue weighted by Gasteiger charge is 2.13. The molecule has 3 aromatic heterocycles. The number of thiophene rings is 1. The Kier molecular flexibility index (Phi) is 4.75. The molecule has 0 fully saturated rings. The van der Waals surface area contributed by atoms with Crippen molar-refractivity contribution in [3.8, 4) is 21.2 Å². The van der Waals surface area contributed by atoms with Crippen LogP contribution in [0.2, 0.25) is 0 Å². The Bertz CT molecular complexity index is 1040. The Balaban J connectivity index is 1.54. The van der Waals surface area contributed by atoms with Gasteiger partial charge >= 0.3 is 0 Å². The van der Waals surface area contributed by atoms with Gasteiger partial charge in [0.05, 0.1) is 11.1 Å². The largest absolute Gasteiger partial charge is 0.444 e. The average molecular weight is 377 g/mol. The molecule has 0 aliphatic heterocycles. The van der Waals surface area contributed by atoms with Crippen molar-refractivity contribution in [1.82, 2.24) is 9.97 Å². The number of hydrogen-bond acceptors (Lipinski definition) is 6. The van der Waals surface area contributed by atoms with Gasteiger partial charge in [-0.05, 0) is 54.8 Å². The van der Waals surface area contributed by atoms with Crippen LogP contribution in [0.3, 0.4) is 0 Å². The first-order valence-corrected chi connectivity index (χ1v) is 9.39. The van der Waals surface area contributed by atoms with Crippen LogP contribution in [0.15, 0.2) is 65.7 Å². The predicted molar refractivity (Wildman–Crippen MR) is 108 cm³/mol. The highest BCUT2D eigenvalue weighted by atomic mass is 32.1. The molecule has 0 saturated heterocycles. The lowest BCUT2D eigenvalue weighted by Crippen LogP contribution is -2.11. The lowest BCUT2D eigenvalue weighted by molar-refractivity contribution is 0.207. The van der Waals surface area contributed by atoms with Crippen LogP contribution in [0.1, 0.15) is 22.9 Å². The summed E-state index contributed by atoms with van der Waals surface area (Å²) in [4.78, 5) is 10.5. The van der Waals surface area contributed by atoms with E-state index in [0.717, 1.165) is 27.3 Å². The lowest BCUT2D eigenvalue weighted by Gasteiger charge is -2.16. The monoisotopic (exact) mass is 377 g/mol. The maximum Gasteiger partial charge on any atom is 0.236 e. The number of nitrogens with zero attached hydrogens (tertiary/aromatic N) is 2. The number of aliphatic hydroxyl groups is 1. The van der Waals surface area contributed by atoms with Gasteiger partial charge in [0.1, 0.15) is 6.26 Å². The van der Waals surface area contributed by atoms with Gasteiger partial charge in [0, 0.05) is 28.5 Å². The Hall–Kier alpha value is -2.96. The van der Waals surface area contributed by atoms with Crippen LogP contribution in [0, 0.1) is 13.8 Å². The Morgan fingerprint density at radius 1 is 1.07 bits per heavy atom. The standard InChI is InChI=1S/C21H19N3O2S/c1-13-11-18(21-23-9-10-26-21)27-19(13)15-3-5-16(6-4-15)24-20(25)17-7-8-22-12-14(17)2/h3-12,20,24-25H,1-2H3. The first-order chi connectivity index (χ1) is 13.1. The number of aliphatic hydroxyl groups excluding tert-OH is 1. The van der Waals surface area contributed by atoms with E-state index in [1.807, 2.05) is 37.3 Å². The first-order valence-electron chi connectivity index (χ1n) is 8.57. The molecule has 1 atom stereocenters. The van der Waals surface area contributed by atoms with Crippen molar-refractivity contribution in [2.75, 3.05) is 5.32 Å². The van der Waals surface area contributed by atoms with Crippen LogP contribution < -0.4 is 5.32 Å². The molecule has 0 radical (unpaired) electrons. The topological polar surface area (TPSA) is 71.2 Å². The van der Waals surface area contributed by atoms with Crippen LogP contribution in [0.4, 0.5) is 5.69 Å². The van der Waals surface area contributed by atoms with E-state index < -0.39 is 6.23 Å². The minimum absolute atomic E-state index is 0.642. The minimum Gasteiger partial charge on any atom is -0.444 e. The molecule has 136 valence electrons. The molecule has 2 N–H and O–H groups in total. The van der Waals surface area contributed by atoms with Gasteiger partial charge in [0.2, 0.25) is 5.89 Å². The van der Waals surface area contributed by atoms with Gasteiger partial charge in [-0.1, -0.05) is 12.1 Å². The van der Waals surface area contributed by atoms with Crippen LogP contribution in [0.5, 0.6) is 0 Å². The lowest BCUT2D eigenvalue weighted by atomic mass is 10.1. The fourth-order valence-electron chi connectivity index (χ4n) is 2.96. The van der Waals surface area contributed by atoms with Gasteiger partial charge < -0.3 is 14.8 Å². The molecule has 5 nitrogen and oxygen atoms in total. The van der Waals surface area contributed by atoms with Crippen molar-refractivity contribution in [3.63, 3.8) is 0 Å². The average Bonchev–Trinajstić information content (AvgIpc) is 3.32. The van der Waals surface area contributed by atoms with E-state index in [4.69, 9.17) is 4.42 Å². The van der Waals surface area contributed by atoms with E-state index in [9.17, 15) is 5.11 Å². The molecular weight excluding hydrogens is 358 g/mol. The van der Waals surface area contributed by atoms with Crippen molar-refractivity contribution in [1.29, 1.82) is 0 Å². The molecule has 0 spiro atoms. The molecule has 3 heterocycles. The summed E-state index contributed by atoms with van der Waals surface area (Å²) in [7, 11) is 0. The summed E-state index contributed by atoms with van der Waals surface area (Å²) < 4.78 is 5.40. The number of hydrogen-bond donors (Lipinski definition) is 2. The van der Waals surface area contributed by atoms with Gasteiger partial charge in [-0.3, -0.25) is 4.98 Å². The van der Waals surface area contributed by atoms with Gasteiger partial charge in [-0.15, -0.1) is 11.3 Å². The zero-order valence-corrected chi connectivity index (χ0v) is 15.8. The second kappa shape index (κ2) is 7.34. The maximum atomic E-state index is 10.4. The summed E-state index contributed by atoms with van der Waals surface area (Å²) in [6, 6.07) is 12.0. The third kappa shape index (κ3) is 3.63. The van der Waals surface area contributed by atoms with Crippen molar-refractivity contribution < 1.29 is 9.52 Å². The number of aryl methyl sites for hydroxylation is 2. The predicted octanol–water partition coefficient (Wildman–Crippen LogP) is 5.18. The fraction of sp³-hybridized carbons (Fsp3) is 0.143. The zero-order valence-electron chi connectivity index (χ0n) is 15.0. The van der Waals surface area contributed by atoms with E-state index in [1.54, 1.807) is 36.2 Å². The number of oxazole rings is 1. The molecule has 0 aliphatic carbocycles.